The molecule has 1 aliphatic rings. The number of rotatable bonds is 81. The number of nitrogens with zero attached hydrogens (tertiary/aromatic N) is 2. The molecule has 0 N–H and O–H groups in total. The van der Waals surface area contributed by atoms with Crippen LogP contribution in [0.3, 0.4) is 0 Å². The van der Waals surface area contributed by atoms with E-state index in [2.05, 4.69) is 60.3 Å². The number of carbonyl (C=O) groups excluding carboxylic acids is 4. The fourth-order valence-electron chi connectivity index (χ4n) is 15.6. The molecule has 0 bridgehead atoms. The first kappa shape index (κ1) is 99.7. The van der Waals surface area contributed by atoms with Crippen molar-refractivity contribution in [2.75, 3.05) is 40.3 Å². The summed E-state index contributed by atoms with van der Waals surface area (Å²) in [6, 6.07) is -0.500. The van der Waals surface area contributed by atoms with Crippen molar-refractivity contribution in [2.45, 2.75) is 528 Å². The first-order valence-electron chi connectivity index (χ1n) is 46.3. The third-order valence-electron chi connectivity index (χ3n) is 22.3. The third kappa shape index (κ3) is 57.8. The zero-order chi connectivity index (χ0) is 75.9. The monoisotopic (exact) mass is 1470 g/mol. The van der Waals surface area contributed by atoms with Crippen LogP contribution in [0.4, 0.5) is 0 Å². The van der Waals surface area contributed by atoms with Gasteiger partial charge in [0.05, 0.1) is 25.2 Å². The maximum absolute atomic E-state index is 14.4. The van der Waals surface area contributed by atoms with Crippen LogP contribution in [0.2, 0.25) is 0 Å². The lowest BCUT2D eigenvalue weighted by molar-refractivity contribution is -0.260. The standard InChI is InChI=1S/C92H178N2O10/c1-11-19-27-35-44-55-67-83(68-56-45-36-28-20-12-2)101-91(74-61-49-39-31-23-15-5,75-62-50-40-32-24-16-6)103-88(96)71-59-48-43-53-66-80-99-90(98)86-81-85(100-87(95)73-79-93(9)10)82-94(86)78-65-54-60-72-89(97)104-92(76-63-51-41-33-25-17-7,77-64-52-42-34-26-18-8)102-84(69-57-46-37-29-21-13-3)70-58-47-38-30-22-14-4/h83-86H,11-82H2,1-10H3/t85?,86-/m0/s1. The van der Waals surface area contributed by atoms with E-state index in [0.29, 0.717) is 58.3 Å². The SMILES string of the molecule is CCCCCCCCC(CCCCCCCC)OC(CCCCCCCC)(CCCCCCCC)OC(=O)CCCCCCCOC(=O)[C@@H]1CC(OC(=O)CCN(C)C)CN1CCCCCC(=O)OC(CCCCCCCC)(CCCCCCCC)OC(CCCCCCCC)CCCCCCCC. The Morgan fingerprint density at radius 3 is 0.962 bits per heavy atom. The molecule has 616 valence electrons. The summed E-state index contributed by atoms with van der Waals surface area (Å²) < 4.78 is 40.5. The van der Waals surface area contributed by atoms with E-state index in [1.54, 1.807) is 0 Å². The van der Waals surface area contributed by atoms with Gasteiger partial charge in [-0.15, -0.1) is 0 Å². The van der Waals surface area contributed by atoms with Gasteiger partial charge in [-0.05, 0) is 97.7 Å². The predicted octanol–water partition coefficient (Wildman–Crippen LogP) is 27.6. The molecule has 0 spiro atoms. The van der Waals surface area contributed by atoms with E-state index in [4.69, 9.17) is 28.4 Å². The number of hydrogen-bond acceptors (Lipinski definition) is 12. The average molecular weight is 1470 g/mol. The first-order valence-corrected chi connectivity index (χ1v) is 46.3. The van der Waals surface area contributed by atoms with Gasteiger partial charge in [0.15, 0.2) is 0 Å². The highest BCUT2D eigenvalue weighted by atomic mass is 16.7. The second kappa shape index (κ2) is 72.3. The van der Waals surface area contributed by atoms with E-state index in [-0.39, 0.29) is 42.2 Å². The zero-order valence-corrected chi connectivity index (χ0v) is 71.2. The van der Waals surface area contributed by atoms with Crippen molar-refractivity contribution in [2.24, 2.45) is 0 Å². The average Bonchev–Trinajstić information content (AvgIpc) is 1.87. The molecular weight excluding hydrogens is 1290 g/mol. The minimum Gasteiger partial charge on any atom is -0.465 e. The molecule has 104 heavy (non-hydrogen) atoms. The third-order valence-corrected chi connectivity index (χ3v) is 22.3. The first-order chi connectivity index (χ1) is 50.8. The number of unbranched alkanes of at least 4 members (excludes halogenated alkanes) is 46. The van der Waals surface area contributed by atoms with Gasteiger partial charge in [-0.1, -0.05) is 364 Å². The molecule has 0 aromatic heterocycles. The molecule has 1 saturated heterocycles. The van der Waals surface area contributed by atoms with E-state index < -0.39 is 17.6 Å². The Kier molecular flexibility index (Phi) is 69.3. The maximum Gasteiger partial charge on any atom is 0.323 e. The summed E-state index contributed by atoms with van der Waals surface area (Å²) in [5.74, 6) is -2.51. The number of ether oxygens (including phenoxy) is 6. The van der Waals surface area contributed by atoms with Gasteiger partial charge >= 0.3 is 23.9 Å². The molecule has 0 radical (unpaired) electrons. The highest BCUT2D eigenvalue weighted by Gasteiger charge is 2.41. The smallest absolute Gasteiger partial charge is 0.323 e. The molecule has 1 unspecified atom stereocenters. The van der Waals surface area contributed by atoms with Crippen LogP contribution in [0.1, 0.15) is 492 Å². The highest BCUT2D eigenvalue weighted by Crippen LogP contribution is 2.37. The Bertz CT molecular complexity index is 1840. The normalized spacial score (nSPS) is 14.4. The van der Waals surface area contributed by atoms with E-state index in [1.807, 2.05) is 19.0 Å². The number of carbonyl (C=O) groups is 4. The molecule has 12 heteroatoms. The van der Waals surface area contributed by atoms with Crippen LogP contribution in [-0.4, -0.2) is 110 Å². The lowest BCUT2D eigenvalue weighted by Gasteiger charge is -2.37. The van der Waals surface area contributed by atoms with E-state index in [0.717, 1.165) is 161 Å². The van der Waals surface area contributed by atoms with Gasteiger partial charge in [-0.25, -0.2) is 0 Å². The van der Waals surface area contributed by atoms with Crippen LogP contribution >= 0.6 is 0 Å². The maximum atomic E-state index is 14.4. The van der Waals surface area contributed by atoms with Gasteiger partial charge in [-0.3, -0.25) is 24.1 Å². The second-order valence-corrected chi connectivity index (χ2v) is 33.0. The summed E-state index contributed by atoms with van der Waals surface area (Å²) in [4.78, 5) is 59.9. The fourth-order valence-corrected chi connectivity index (χ4v) is 15.6. The summed E-state index contributed by atoms with van der Waals surface area (Å²) >= 11 is 0. The van der Waals surface area contributed by atoms with Gasteiger partial charge < -0.3 is 33.3 Å². The van der Waals surface area contributed by atoms with Crippen molar-refractivity contribution >= 4 is 23.9 Å². The van der Waals surface area contributed by atoms with Crippen LogP contribution in [0.5, 0.6) is 0 Å². The quantitative estimate of drug-likeness (QED) is 0.0249. The molecule has 1 rings (SSSR count). The van der Waals surface area contributed by atoms with E-state index in [9.17, 15) is 19.2 Å². The summed E-state index contributed by atoms with van der Waals surface area (Å²) in [6.45, 7) is 20.3. The van der Waals surface area contributed by atoms with Crippen molar-refractivity contribution in [1.29, 1.82) is 0 Å². The van der Waals surface area contributed by atoms with Crippen LogP contribution in [0, 0.1) is 0 Å². The van der Waals surface area contributed by atoms with Crippen molar-refractivity contribution in [3.8, 4) is 0 Å². The van der Waals surface area contributed by atoms with Crippen LogP contribution < -0.4 is 0 Å². The Morgan fingerprint density at radius 1 is 0.346 bits per heavy atom. The fraction of sp³-hybridized carbons (Fsp3) is 0.957. The van der Waals surface area contributed by atoms with Gasteiger partial charge in [0, 0.05) is 58.0 Å². The summed E-state index contributed by atoms with van der Waals surface area (Å²) in [6.07, 6.45) is 73.8. The van der Waals surface area contributed by atoms with Crippen LogP contribution in [-0.2, 0) is 47.6 Å². The molecule has 0 aromatic rings. The number of hydrogen-bond donors (Lipinski definition) is 0. The van der Waals surface area contributed by atoms with E-state index >= 15 is 0 Å². The molecule has 2 atom stereocenters. The predicted molar refractivity (Wildman–Crippen MR) is 441 cm³/mol. The van der Waals surface area contributed by atoms with Crippen molar-refractivity contribution in [1.82, 2.24) is 9.80 Å². The summed E-state index contributed by atoms with van der Waals surface area (Å²) in [5, 5.41) is 0. The lowest BCUT2D eigenvalue weighted by Crippen LogP contribution is -2.42. The molecule has 0 amide bonds. The Balaban J connectivity index is 3.20. The zero-order valence-electron chi connectivity index (χ0n) is 71.2. The summed E-state index contributed by atoms with van der Waals surface area (Å²) in [5.41, 5.74) is 0. The van der Waals surface area contributed by atoms with Gasteiger partial charge in [0.2, 0.25) is 11.6 Å². The minimum absolute atomic E-state index is 0.0923. The lowest BCUT2D eigenvalue weighted by atomic mass is 9.97. The highest BCUT2D eigenvalue weighted by molar-refractivity contribution is 5.76. The molecule has 0 aromatic carbocycles. The van der Waals surface area contributed by atoms with Crippen molar-refractivity contribution in [3.63, 3.8) is 0 Å². The van der Waals surface area contributed by atoms with Crippen molar-refractivity contribution in [3.05, 3.63) is 0 Å². The van der Waals surface area contributed by atoms with Gasteiger partial charge in [0.1, 0.15) is 12.1 Å². The Morgan fingerprint density at radius 2 is 0.635 bits per heavy atom. The molecule has 1 fully saturated rings. The van der Waals surface area contributed by atoms with Crippen LogP contribution in [0.25, 0.3) is 0 Å². The second-order valence-electron chi connectivity index (χ2n) is 33.0. The minimum atomic E-state index is -0.896. The molecule has 1 heterocycles. The number of likely N-dealkylation sites (tertiary alicyclic amines) is 1. The van der Waals surface area contributed by atoms with Crippen LogP contribution in [0.15, 0.2) is 0 Å². The topological polar surface area (TPSA) is 130 Å². The Hall–Kier alpha value is -2.28. The van der Waals surface area contributed by atoms with Gasteiger partial charge in [0.25, 0.3) is 0 Å². The van der Waals surface area contributed by atoms with Crippen molar-refractivity contribution < 1.29 is 47.6 Å². The molecule has 1 aliphatic heterocycles. The Labute approximate surface area is 646 Å². The number of esters is 4. The molecular formula is C92H178N2O10. The largest absolute Gasteiger partial charge is 0.465 e. The van der Waals surface area contributed by atoms with E-state index in [1.165, 1.54) is 244 Å². The molecule has 0 aliphatic carbocycles. The summed E-state index contributed by atoms with van der Waals surface area (Å²) in [7, 11) is 3.91. The molecule has 12 nitrogen and oxygen atoms in total. The van der Waals surface area contributed by atoms with Gasteiger partial charge in [-0.2, -0.15) is 0 Å². The molecule has 0 saturated carbocycles.